The van der Waals surface area contributed by atoms with Gasteiger partial charge in [-0.25, -0.2) is 4.98 Å². The maximum atomic E-state index is 13.6. The second-order valence-corrected chi connectivity index (χ2v) is 15.9. The van der Waals surface area contributed by atoms with Gasteiger partial charge in [0, 0.05) is 50.4 Å². The van der Waals surface area contributed by atoms with E-state index in [-0.39, 0.29) is 65.8 Å². The number of ether oxygens (including phenoxy) is 1. The predicted octanol–water partition coefficient (Wildman–Crippen LogP) is 4.20. The van der Waals surface area contributed by atoms with Gasteiger partial charge in [-0.15, -0.1) is 0 Å². The number of amides is 4. The molecular weight excluding hydrogens is 716 g/mol. The zero-order valence-electron chi connectivity index (χ0n) is 30.6. The van der Waals surface area contributed by atoms with Crippen LogP contribution in [0.1, 0.15) is 83.3 Å². The fourth-order valence-electron chi connectivity index (χ4n) is 8.26. The molecule has 1 aromatic heterocycles. The number of piperidine rings is 1. The van der Waals surface area contributed by atoms with Gasteiger partial charge in [0.2, 0.25) is 17.7 Å². The Labute approximate surface area is 320 Å². The highest BCUT2D eigenvalue weighted by Gasteiger charge is 2.52. The molecule has 0 spiro atoms. The van der Waals surface area contributed by atoms with Gasteiger partial charge >= 0.3 is 0 Å². The monoisotopic (exact) mass is 762 g/mol. The molecule has 15 heteroatoms. The van der Waals surface area contributed by atoms with Crippen LogP contribution in [-0.4, -0.2) is 111 Å². The molecule has 53 heavy (non-hydrogen) atoms. The first-order valence-electron chi connectivity index (χ1n) is 18.3. The average Bonchev–Trinajstić information content (AvgIpc) is 3.29. The molecule has 6 rings (SSSR count). The Morgan fingerprint density at radius 1 is 1.09 bits per heavy atom. The highest BCUT2D eigenvalue weighted by molar-refractivity contribution is 7.80. The first-order valence-corrected chi connectivity index (χ1v) is 19.1. The van der Waals surface area contributed by atoms with E-state index < -0.39 is 11.5 Å². The van der Waals surface area contributed by atoms with Gasteiger partial charge < -0.3 is 15.0 Å². The second kappa shape index (κ2) is 16.2. The summed E-state index contributed by atoms with van der Waals surface area (Å²) in [7, 11) is 0. The highest BCUT2D eigenvalue weighted by atomic mass is 35.5. The van der Waals surface area contributed by atoms with Crippen molar-refractivity contribution in [3.05, 3.63) is 52.7 Å². The molecule has 2 aromatic rings. The molecule has 4 heterocycles. The molecule has 0 radical (unpaired) electrons. The van der Waals surface area contributed by atoms with E-state index in [0.717, 1.165) is 50.9 Å². The summed E-state index contributed by atoms with van der Waals surface area (Å²) in [6.45, 7) is 11.3. The first kappa shape index (κ1) is 38.7. The molecule has 282 valence electrons. The molecule has 1 saturated carbocycles. The third-order valence-corrected chi connectivity index (χ3v) is 11.7. The number of aromatic nitrogens is 1. The lowest BCUT2D eigenvalue weighted by Gasteiger charge is -2.44. The standard InChI is InChI=1S/C38H47ClN8O5S/c1-23-20-44(21-24(2)45(23)22-34(49)42-32-17-25(13-14-41-32)30-11-12-33(48)43-35(30)50)15-16-52-29-9-7-27(8-10-29)47-37(53)46(36(51)38(47,3)4)28-6-5-26(19-40)31(39)18-28/h5-6,13-14,17-18,23-24,27,29-30H,7-12,15-16,20-22H2,1-4H3,(H,41,42,49)(H,43,48,50)/t23-,24+,27?,29?,30?. The number of piperazine rings is 1. The zero-order chi connectivity index (χ0) is 38.0. The van der Waals surface area contributed by atoms with Crippen molar-refractivity contribution in [2.75, 3.05) is 43.0 Å². The van der Waals surface area contributed by atoms with Gasteiger partial charge in [-0.2, -0.15) is 5.26 Å². The number of nitrogens with one attached hydrogen (secondary N) is 2. The predicted molar refractivity (Wildman–Crippen MR) is 204 cm³/mol. The van der Waals surface area contributed by atoms with E-state index in [0.29, 0.717) is 35.2 Å². The number of imide groups is 1. The van der Waals surface area contributed by atoms with E-state index in [9.17, 15) is 24.4 Å². The van der Waals surface area contributed by atoms with Crippen LogP contribution in [-0.2, 0) is 23.9 Å². The summed E-state index contributed by atoms with van der Waals surface area (Å²) in [5.41, 5.74) is 0.823. The normalized spacial score (nSPS) is 26.8. The van der Waals surface area contributed by atoms with Crippen LogP contribution in [0, 0.1) is 11.3 Å². The number of hydrogen-bond donors (Lipinski definition) is 2. The lowest BCUT2D eigenvalue weighted by Crippen LogP contribution is -2.58. The van der Waals surface area contributed by atoms with Gasteiger partial charge in [-0.05, 0) is 108 Å². The third-order valence-electron chi connectivity index (χ3n) is 11.0. The van der Waals surface area contributed by atoms with Crippen LogP contribution in [0.5, 0.6) is 0 Å². The molecule has 1 aliphatic carbocycles. The minimum atomic E-state index is -0.814. The molecule has 1 unspecified atom stereocenters. The maximum Gasteiger partial charge on any atom is 0.258 e. The van der Waals surface area contributed by atoms with Crippen molar-refractivity contribution in [3.63, 3.8) is 0 Å². The molecule has 0 bridgehead atoms. The summed E-state index contributed by atoms with van der Waals surface area (Å²) in [6.07, 6.45) is 5.88. The van der Waals surface area contributed by atoms with Gasteiger partial charge in [0.15, 0.2) is 5.11 Å². The second-order valence-electron chi connectivity index (χ2n) is 15.1. The summed E-state index contributed by atoms with van der Waals surface area (Å²) in [5.74, 6) is -0.927. The van der Waals surface area contributed by atoms with Crippen molar-refractivity contribution in [1.29, 1.82) is 5.26 Å². The van der Waals surface area contributed by atoms with Crippen LogP contribution in [0.3, 0.4) is 0 Å². The van der Waals surface area contributed by atoms with E-state index in [1.165, 1.54) is 0 Å². The van der Waals surface area contributed by atoms with Crippen molar-refractivity contribution in [2.24, 2.45) is 0 Å². The molecule has 13 nitrogen and oxygen atoms in total. The van der Waals surface area contributed by atoms with Gasteiger partial charge in [0.1, 0.15) is 17.4 Å². The fourth-order valence-corrected chi connectivity index (χ4v) is 9.04. The van der Waals surface area contributed by atoms with Gasteiger partial charge in [-0.3, -0.25) is 39.2 Å². The van der Waals surface area contributed by atoms with Crippen molar-refractivity contribution in [2.45, 2.75) is 102 Å². The van der Waals surface area contributed by atoms with Crippen LogP contribution in [0.15, 0.2) is 36.5 Å². The molecule has 2 N–H and O–H groups in total. The van der Waals surface area contributed by atoms with E-state index >= 15 is 0 Å². The van der Waals surface area contributed by atoms with E-state index in [4.69, 9.17) is 28.6 Å². The lowest BCUT2D eigenvalue weighted by molar-refractivity contribution is -0.134. The number of benzene rings is 1. The van der Waals surface area contributed by atoms with Crippen LogP contribution >= 0.6 is 23.8 Å². The topological polar surface area (TPSA) is 151 Å². The smallest absolute Gasteiger partial charge is 0.258 e. The Morgan fingerprint density at radius 3 is 2.47 bits per heavy atom. The molecule has 3 saturated heterocycles. The van der Waals surface area contributed by atoms with Gasteiger partial charge in [0.25, 0.3) is 5.91 Å². The van der Waals surface area contributed by atoms with Crippen molar-refractivity contribution < 1.29 is 23.9 Å². The number of nitrogens with zero attached hydrogens (tertiary/aromatic N) is 6. The largest absolute Gasteiger partial charge is 0.377 e. The van der Waals surface area contributed by atoms with Crippen molar-refractivity contribution in [3.8, 4) is 6.07 Å². The van der Waals surface area contributed by atoms with Crippen LogP contribution < -0.4 is 15.5 Å². The zero-order valence-corrected chi connectivity index (χ0v) is 32.2. The Kier molecular flexibility index (Phi) is 11.8. The summed E-state index contributed by atoms with van der Waals surface area (Å²) >= 11 is 12.2. The van der Waals surface area contributed by atoms with Crippen molar-refractivity contribution >= 4 is 64.1 Å². The molecule has 3 aliphatic heterocycles. The minimum Gasteiger partial charge on any atom is -0.377 e. The number of pyridine rings is 1. The van der Waals surface area contributed by atoms with Crippen LogP contribution in [0.25, 0.3) is 0 Å². The fraction of sp³-hybridized carbons (Fsp3) is 0.553. The number of halogens is 1. The number of carbonyl (C=O) groups excluding carboxylic acids is 4. The molecule has 4 fully saturated rings. The number of thiocarbonyl (C=S) groups is 1. The van der Waals surface area contributed by atoms with E-state index in [2.05, 4.69) is 50.2 Å². The summed E-state index contributed by atoms with van der Waals surface area (Å²) in [5, 5.41) is 15.3. The molecule has 3 atom stereocenters. The summed E-state index contributed by atoms with van der Waals surface area (Å²) in [6, 6.07) is 10.9. The molecule has 4 amide bonds. The number of nitriles is 1. The Morgan fingerprint density at radius 2 is 1.81 bits per heavy atom. The number of carbonyl (C=O) groups is 4. The Balaban J connectivity index is 0.938. The third kappa shape index (κ3) is 8.39. The Bertz CT molecular complexity index is 1800. The maximum absolute atomic E-state index is 13.6. The van der Waals surface area contributed by atoms with Gasteiger partial charge in [0.05, 0.1) is 41.4 Å². The molecule has 4 aliphatic rings. The van der Waals surface area contributed by atoms with Crippen LogP contribution in [0.2, 0.25) is 5.02 Å². The van der Waals surface area contributed by atoms with Crippen LogP contribution in [0.4, 0.5) is 11.5 Å². The van der Waals surface area contributed by atoms with Gasteiger partial charge in [-0.1, -0.05) is 11.6 Å². The number of anilines is 2. The number of hydrogen-bond acceptors (Lipinski definition) is 10. The first-order chi connectivity index (χ1) is 25.3. The lowest BCUT2D eigenvalue weighted by atomic mass is 9.89. The summed E-state index contributed by atoms with van der Waals surface area (Å²) in [4.78, 5) is 63.0. The summed E-state index contributed by atoms with van der Waals surface area (Å²) < 4.78 is 6.38. The van der Waals surface area contributed by atoms with E-state index in [1.54, 1.807) is 41.4 Å². The Hall–Kier alpha value is -4.00. The minimum absolute atomic E-state index is 0.109. The highest BCUT2D eigenvalue weighted by Crippen LogP contribution is 2.39. The van der Waals surface area contributed by atoms with E-state index in [1.807, 2.05) is 13.8 Å². The SMILES string of the molecule is C[C@@H]1CN(CCOC2CCC(N3C(=S)N(c4ccc(C#N)c(Cl)c4)C(=O)C3(C)C)CC2)C[C@H](C)N1CC(=O)Nc1cc(C2CCC(=O)NC2=O)ccn1. The quantitative estimate of drug-likeness (QED) is 0.265. The molecule has 1 aromatic carbocycles. The number of rotatable bonds is 10. The average molecular weight is 763 g/mol. The van der Waals surface area contributed by atoms with Crippen molar-refractivity contribution in [1.82, 2.24) is 25.0 Å². The molecular formula is C38H47ClN8O5S.